The maximum atomic E-state index is 13.2. The number of hydrogen-bond acceptors (Lipinski definition) is 5. The van der Waals surface area contributed by atoms with Crippen LogP contribution in [-0.2, 0) is 19.1 Å². The molecule has 3 aliphatic rings. The van der Waals surface area contributed by atoms with Crippen molar-refractivity contribution >= 4 is 64.0 Å². The summed E-state index contributed by atoms with van der Waals surface area (Å²) in [6.45, 7) is 0. The van der Waals surface area contributed by atoms with Gasteiger partial charge in [-0.1, -0.05) is 29.3 Å². The zero-order chi connectivity index (χ0) is 19.1. The first kappa shape index (κ1) is 18.5. The van der Waals surface area contributed by atoms with Crippen LogP contribution < -0.4 is 4.90 Å². The molecule has 4 rings (SSSR count). The third kappa shape index (κ3) is 1.64. The van der Waals surface area contributed by atoms with Crippen LogP contribution in [0.4, 0.5) is 5.82 Å². The number of halogens is 4. The van der Waals surface area contributed by atoms with Gasteiger partial charge in [-0.2, -0.15) is 0 Å². The van der Waals surface area contributed by atoms with Gasteiger partial charge in [0.2, 0.25) is 17.6 Å². The number of ether oxygens (including phenoxy) is 2. The lowest BCUT2D eigenvalue weighted by Gasteiger charge is -2.42. The van der Waals surface area contributed by atoms with Crippen molar-refractivity contribution in [1.29, 1.82) is 0 Å². The molecule has 10 heteroatoms. The molecule has 1 aromatic heterocycles. The number of amides is 2. The van der Waals surface area contributed by atoms with Crippen molar-refractivity contribution in [2.75, 3.05) is 19.1 Å². The first-order valence-electron chi connectivity index (χ1n) is 7.57. The molecule has 2 aliphatic carbocycles. The smallest absolute Gasteiger partial charge is 0.241 e. The van der Waals surface area contributed by atoms with Crippen LogP contribution in [0.25, 0.3) is 0 Å². The van der Waals surface area contributed by atoms with Gasteiger partial charge in [0, 0.05) is 20.4 Å². The van der Waals surface area contributed by atoms with Crippen molar-refractivity contribution in [3.05, 3.63) is 34.5 Å². The number of anilines is 1. The summed E-state index contributed by atoms with van der Waals surface area (Å²) in [5, 5.41) is -0.130. The van der Waals surface area contributed by atoms with Gasteiger partial charge in [0.1, 0.15) is 15.6 Å². The van der Waals surface area contributed by atoms with Crippen LogP contribution in [0.15, 0.2) is 34.5 Å². The molecule has 1 saturated carbocycles. The Kier molecular flexibility index (Phi) is 3.95. The van der Waals surface area contributed by atoms with Crippen molar-refractivity contribution in [3.8, 4) is 0 Å². The fourth-order valence-corrected chi connectivity index (χ4v) is 6.58. The zero-order valence-electron chi connectivity index (χ0n) is 13.5. The maximum Gasteiger partial charge on any atom is 0.241 e. The molecule has 0 unspecified atom stereocenters. The van der Waals surface area contributed by atoms with E-state index in [0.717, 1.165) is 4.90 Å². The highest BCUT2D eigenvalue weighted by Gasteiger charge is 2.89. The first-order chi connectivity index (χ1) is 12.2. The Balaban J connectivity index is 1.95. The van der Waals surface area contributed by atoms with Gasteiger partial charge in [-0.05, 0) is 12.1 Å². The van der Waals surface area contributed by atoms with Crippen molar-refractivity contribution < 1.29 is 19.1 Å². The molecule has 0 radical (unpaired) electrons. The van der Waals surface area contributed by atoms with Gasteiger partial charge in [-0.15, -0.1) is 23.2 Å². The van der Waals surface area contributed by atoms with Gasteiger partial charge in [0.15, 0.2) is 0 Å². The minimum Gasteiger partial charge on any atom is -0.350 e. The van der Waals surface area contributed by atoms with Gasteiger partial charge in [0.25, 0.3) is 0 Å². The largest absolute Gasteiger partial charge is 0.350 e. The molecule has 138 valence electrons. The third-order valence-electron chi connectivity index (χ3n) is 5.41. The topological polar surface area (TPSA) is 68.7 Å². The van der Waals surface area contributed by atoms with Crippen LogP contribution in [0, 0.1) is 11.8 Å². The molecule has 1 aliphatic heterocycles. The Morgan fingerprint density at radius 1 is 1.00 bits per heavy atom. The van der Waals surface area contributed by atoms with E-state index in [1.807, 2.05) is 0 Å². The number of rotatable bonds is 3. The Morgan fingerprint density at radius 2 is 1.50 bits per heavy atom. The number of nitrogens with zero attached hydrogens (tertiary/aromatic N) is 2. The summed E-state index contributed by atoms with van der Waals surface area (Å²) in [4.78, 5) is 27.9. The number of fused-ring (bicyclic) bond motifs is 5. The molecule has 0 aromatic carbocycles. The fraction of sp³-hybridized carbons (Fsp3) is 0.438. The summed E-state index contributed by atoms with van der Waals surface area (Å²) in [6.07, 6.45) is 1.47. The molecular formula is C16H12Cl4N2O4. The van der Waals surface area contributed by atoms with Gasteiger partial charge in [0.05, 0.1) is 21.9 Å². The summed E-state index contributed by atoms with van der Waals surface area (Å²) in [6, 6.07) is 4.86. The number of carbonyl (C=O) groups excluding carboxylic acids is 2. The normalized spacial score (nSPS) is 37.7. The predicted molar refractivity (Wildman–Crippen MR) is 96.4 cm³/mol. The van der Waals surface area contributed by atoms with E-state index in [-0.39, 0.29) is 15.9 Å². The number of pyridine rings is 1. The van der Waals surface area contributed by atoms with E-state index in [9.17, 15) is 9.59 Å². The van der Waals surface area contributed by atoms with Crippen LogP contribution in [0.5, 0.6) is 0 Å². The van der Waals surface area contributed by atoms with Crippen LogP contribution in [-0.4, -0.2) is 46.6 Å². The number of methoxy groups -OCH3 is 2. The van der Waals surface area contributed by atoms with Crippen LogP contribution in [0.1, 0.15) is 0 Å². The maximum absolute atomic E-state index is 13.2. The van der Waals surface area contributed by atoms with Gasteiger partial charge < -0.3 is 9.47 Å². The lowest BCUT2D eigenvalue weighted by atomic mass is 9.84. The van der Waals surface area contributed by atoms with Crippen molar-refractivity contribution in [2.24, 2.45) is 11.8 Å². The monoisotopic (exact) mass is 436 g/mol. The summed E-state index contributed by atoms with van der Waals surface area (Å²) >= 11 is 26.4. The van der Waals surface area contributed by atoms with Crippen molar-refractivity contribution in [3.63, 3.8) is 0 Å². The number of alkyl halides is 2. The molecule has 2 heterocycles. The Morgan fingerprint density at radius 3 is 1.88 bits per heavy atom. The molecule has 26 heavy (non-hydrogen) atoms. The molecule has 4 atom stereocenters. The Bertz CT molecular complexity index is 813. The van der Waals surface area contributed by atoms with Crippen LogP contribution in [0.3, 0.4) is 0 Å². The van der Waals surface area contributed by atoms with E-state index in [4.69, 9.17) is 55.9 Å². The van der Waals surface area contributed by atoms with E-state index >= 15 is 0 Å². The third-order valence-corrected chi connectivity index (χ3v) is 8.02. The molecule has 1 saturated heterocycles. The second-order valence-electron chi connectivity index (χ2n) is 6.23. The SMILES string of the molecule is COC1(OC)[C@@]2(Cl)C(Cl)=C(Cl)[C@]1(Cl)[C@@H]1C(=O)N(c3ccccn3)C(=O)[C@@H]12. The molecule has 2 amide bonds. The average Bonchev–Trinajstić information content (AvgIpc) is 3.06. The summed E-state index contributed by atoms with van der Waals surface area (Å²) in [5.74, 6) is -5.02. The lowest BCUT2D eigenvalue weighted by molar-refractivity contribution is -0.221. The molecular weight excluding hydrogens is 426 g/mol. The average molecular weight is 438 g/mol. The van der Waals surface area contributed by atoms with Crippen molar-refractivity contribution in [1.82, 2.24) is 4.98 Å². The van der Waals surface area contributed by atoms with Crippen LogP contribution in [0.2, 0.25) is 0 Å². The van der Waals surface area contributed by atoms with E-state index in [1.165, 1.54) is 26.5 Å². The minimum atomic E-state index is -1.78. The predicted octanol–water partition coefficient (Wildman–Crippen LogP) is 2.85. The van der Waals surface area contributed by atoms with Crippen LogP contribution >= 0.6 is 46.4 Å². The van der Waals surface area contributed by atoms with Crippen molar-refractivity contribution in [2.45, 2.75) is 15.5 Å². The first-order valence-corrected chi connectivity index (χ1v) is 9.08. The van der Waals surface area contributed by atoms with Gasteiger partial charge in [-0.3, -0.25) is 9.59 Å². The second kappa shape index (κ2) is 5.56. The fourth-order valence-electron chi connectivity index (χ4n) is 4.42. The quantitative estimate of drug-likeness (QED) is 0.413. The second-order valence-corrected chi connectivity index (χ2v) is 8.18. The minimum absolute atomic E-state index is 0.0650. The number of carbonyl (C=O) groups is 2. The van der Waals surface area contributed by atoms with Gasteiger partial charge in [-0.25, -0.2) is 9.88 Å². The number of aromatic nitrogens is 1. The summed E-state index contributed by atoms with van der Waals surface area (Å²) in [5.41, 5.74) is 0. The van der Waals surface area contributed by atoms with E-state index in [2.05, 4.69) is 4.98 Å². The molecule has 6 nitrogen and oxygen atoms in total. The highest BCUT2D eigenvalue weighted by atomic mass is 35.5. The Labute approximate surface area is 168 Å². The molecule has 0 N–H and O–H groups in total. The molecule has 2 fully saturated rings. The number of hydrogen-bond donors (Lipinski definition) is 0. The molecule has 1 aromatic rings. The molecule has 0 spiro atoms. The highest BCUT2D eigenvalue weighted by molar-refractivity contribution is 6.54. The van der Waals surface area contributed by atoms with E-state index in [0.29, 0.717) is 0 Å². The van der Waals surface area contributed by atoms with Gasteiger partial charge >= 0.3 is 0 Å². The lowest BCUT2D eigenvalue weighted by Crippen LogP contribution is -2.60. The van der Waals surface area contributed by atoms with E-state index < -0.39 is 39.2 Å². The summed E-state index contributed by atoms with van der Waals surface area (Å²) < 4.78 is 11.0. The highest BCUT2D eigenvalue weighted by Crippen LogP contribution is 2.75. The zero-order valence-corrected chi connectivity index (χ0v) is 16.5. The molecule has 2 bridgehead atoms. The summed E-state index contributed by atoms with van der Waals surface area (Å²) in [7, 11) is 2.62. The van der Waals surface area contributed by atoms with E-state index in [1.54, 1.807) is 12.1 Å². The number of imide groups is 1. The standard InChI is InChI=1S/C16H12Cl4N2O4/c1-25-16(26-2)14(19)8-9(15(16,20)11(18)10(14)17)13(24)22(12(8)23)7-5-3-4-6-21-7/h3-6,8-9H,1-2H3/t8-,9+,14+,15-. The Hall–Kier alpha value is -0.890.